The van der Waals surface area contributed by atoms with Gasteiger partial charge in [-0.3, -0.25) is 5.43 Å². The number of phenols is 1. The van der Waals surface area contributed by atoms with Crippen LogP contribution >= 0.6 is 27.3 Å². The third-order valence-corrected chi connectivity index (χ3v) is 4.04. The first-order chi connectivity index (χ1) is 10.1. The van der Waals surface area contributed by atoms with Gasteiger partial charge >= 0.3 is 0 Å². The van der Waals surface area contributed by atoms with Crippen molar-refractivity contribution in [1.82, 2.24) is 4.98 Å². The molecule has 1 aromatic carbocycles. The van der Waals surface area contributed by atoms with Crippen molar-refractivity contribution in [3.05, 3.63) is 27.2 Å². The number of ether oxygens (including phenoxy) is 2. The summed E-state index contributed by atoms with van der Waals surface area (Å²) in [5, 5.41) is 16.8. The Bertz CT molecular complexity index is 673. The quantitative estimate of drug-likeness (QED) is 0.622. The second-order valence-electron chi connectivity index (χ2n) is 4.03. The summed E-state index contributed by atoms with van der Waals surface area (Å²) in [6.07, 6.45) is 1.48. The molecule has 6 nitrogen and oxygen atoms in total. The van der Waals surface area contributed by atoms with Crippen LogP contribution in [0.2, 0.25) is 0 Å². The summed E-state index contributed by atoms with van der Waals surface area (Å²) in [5.74, 6) is 0.632. The van der Waals surface area contributed by atoms with Gasteiger partial charge in [-0.05, 0) is 28.9 Å². The maximum Gasteiger partial charge on any atom is 0.204 e. The molecule has 0 unspecified atom stereocenters. The molecule has 0 amide bonds. The SMILES string of the molecule is COc1c(Br)cc(C=NNc2nc(C)cs2)c(O)c1OC. The molecule has 1 aromatic heterocycles. The number of aromatic nitrogens is 1. The molecule has 8 heteroatoms. The van der Waals surface area contributed by atoms with Crippen LogP contribution < -0.4 is 14.9 Å². The molecule has 1 heterocycles. The smallest absolute Gasteiger partial charge is 0.204 e. The van der Waals surface area contributed by atoms with Gasteiger partial charge in [-0.2, -0.15) is 5.10 Å². The minimum atomic E-state index is -0.0431. The van der Waals surface area contributed by atoms with E-state index in [1.54, 1.807) is 6.07 Å². The van der Waals surface area contributed by atoms with E-state index in [1.165, 1.54) is 31.8 Å². The Hall–Kier alpha value is -1.80. The van der Waals surface area contributed by atoms with E-state index >= 15 is 0 Å². The highest BCUT2D eigenvalue weighted by atomic mass is 79.9. The van der Waals surface area contributed by atoms with Gasteiger partial charge in [0.05, 0.1) is 30.6 Å². The molecule has 0 spiro atoms. The number of thiazole rings is 1. The summed E-state index contributed by atoms with van der Waals surface area (Å²) in [7, 11) is 2.96. The van der Waals surface area contributed by atoms with Crippen LogP contribution in [0, 0.1) is 6.92 Å². The number of anilines is 1. The number of methoxy groups -OCH3 is 2. The summed E-state index contributed by atoms with van der Waals surface area (Å²) in [5.41, 5.74) is 4.22. The van der Waals surface area contributed by atoms with Gasteiger partial charge in [0.15, 0.2) is 11.5 Å². The molecule has 0 radical (unpaired) electrons. The van der Waals surface area contributed by atoms with Crippen molar-refractivity contribution in [2.75, 3.05) is 19.6 Å². The van der Waals surface area contributed by atoms with E-state index in [2.05, 4.69) is 31.4 Å². The van der Waals surface area contributed by atoms with Crippen molar-refractivity contribution in [3.63, 3.8) is 0 Å². The topological polar surface area (TPSA) is 76.0 Å². The second kappa shape index (κ2) is 6.77. The summed E-state index contributed by atoms with van der Waals surface area (Å²) in [4.78, 5) is 4.22. The summed E-state index contributed by atoms with van der Waals surface area (Å²) < 4.78 is 11.0. The average molecular weight is 372 g/mol. The first-order valence-electron chi connectivity index (χ1n) is 5.91. The Labute approximate surface area is 134 Å². The predicted octanol–water partition coefficient (Wildman–Crippen LogP) is 3.38. The average Bonchev–Trinajstić information content (AvgIpc) is 2.87. The fourth-order valence-electron chi connectivity index (χ4n) is 1.66. The zero-order valence-electron chi connectivity index (χ0n) is 11.7. The summed E-state index contributed by atoms with van der Waals surface area (Å²) in [6, 6.07) is 1.69. The molecule has 0 aliphatic carbocycles. The second-order valence-corrected chi connectivity index (χ2v) is 5.74. The Morgan fingerprint density at radius 2 is 2.10 bits per heavy atom. The molecule has 2 rings (SSSR count). The Morgan fingerprint density at radius 1 is 1.38 bits per heavy atom. The van der Waals surface area contributed by atoms with E-state index in [0.29, 0.717) is 20.9 Å². The van der Waals surface area contributed by atoms with Crippen molar-refractivity contribution < 1.29 is 14.6 Å². The monoisotopic (exact) mass is 371 g/mol. The molecule has 0 bridgehead atoms. The van der Waals surface area contributed by atoms with Crippen molar-refractivity contribution in [2.45, 2.75) is 6.92 Å². The summed E-state index contributed by atoms with van der Waals surface area (Å²) >= 11 is 4.82. The lowest BCUT2D eigenvalue weighted by molar-refractivity contribution is 0.331. The highest BCUT2D eigenvalue weighted by Crippen LogP contribution is 2.43. The number of hydrogen-bond acceptors (Lipinski definition) is 7. The standard InChI is InChI=1S/C13H14BrN3O3S/c1-7-6-21-13(16-7)17-15-5-8-4-9(14)11(19-2)12(20-3)10(8)18/h4-6,18H,1-3H3,(H,16,17). The molecule has 0 aliphatic rings. The predicted molar refractivity (Wildman–Crippen MR) is 87.0 cm³/mol. The van der Waals surface area contributed by atoms with E-state index in [4.69, 9.17) is 9.47 Å². The number of hydrazone groups is 1. The van der Waals surface area contributed by atoms with Gasteiger partial charge in [0.1, 0.15) is 0 Å². The van der Waals surface area contributed by atoms with E-state index in [9.17, 15) is 5.11 Å². The fraction of sp³-hybridized carbons (Fsp3) is 0.231. The Kier molecular flexibility index (Phi) is 5.03. The third kappa shape index (κ3) is 3.45. The number of hydrogen-bond donors (Lipinski definition) is 2. The number of nitrogens with one attached hydrogen (secondary N) is 1. The van der Waals surface area contributed by atoms with Gasteiger partial charge < -0.3 is 14.6 Å². The van der Waals surface area contributed by atoms with Crippen molar-refractivity contribution in [2.24, 2.45) is 5.10 Å². The van der Waals surface area contributed by atoms with Crippen molar-refractivity contribution in [1.29, 1.82) is 0 Å². The first kappa shape index (κ1) is 15.6. The lowest BCUT2D eigenvalue weighted by atomic mass is 10.2. The van der Waals surface area contributed by atoms with Gasteiger partial charge in [0.2, 0.25) is 10.9 Å². The lowest BCUT2D eigenvalue weighted by Crippen LogP contribution is -1.96. The van der Waals surface area contributed by atoms with Crippen LogP contribution in [0.3, 0.4) is 0 Å². The highest BCUT2D eigenvalue weighted by molar-refractivity contribution is 9.10. The van der Waals surface area contributed by atoms with Crippen molar-refractivity contribution in [3.8, 4) is 17.2 Å². The lowest BCUT2D eigenvalue weighted by Gasteiger charge is -2.12. The highest BCUT2D eigenvalue weighted by Gasteiger charge is 2.17. The van der Waals surface area contributed by atoms with Crippen LogP contribution in [0.4, 0.5) is 5.13 Å². The van der Waals surface area contributed by atoms with Crippen LogP contribution in [0.15, 0.2) is 21.0 Å². The Balaban J connectivity index is 2.25. The molecule has 112 valence electrons. The van der Waals surface area contributed by atoms with E-state index in [0.717, 1.165) is 5.69 Å². The van der Waals surface area contributed by atoms with E-state index in [1.807, 2.05) is 12.3 Å². The van der Waals surface area contributed by atoms with Crippen LogP contribution in [-0.2, 0) is 0 Å². The molecular formula is C13H14BrN3O3S. The number of aromatic hydroxyl groups is 1. The maximum atomic E-state index is 10.2. The van der Waals surface area contributed by atoms with Gasteiger partial charge in [-0.1, -0.05) is 0 Å². The van der Waals surface area contributed by atoms with Gasteiger partial charge in [0.25, 0.3) is 0 Å². The number of benzene rings is 1. The molecule has 0 saturated carbocycles. The molecule has 0 saturated heterocycles. The van der Waals surface area contributed by atoms with Gasteiger partial charge in [-0.15, -0.1) is 11.3 Å². The summed E-state index contributed by atoms with van der Waals surface area (Å²) in [6.45, 7) is 1.91. The van der Waals surface area contributed by atoms with Crippen molar-refractivity contribution >= 4 is 38.6 Å². The third-order valence-electron chi connectivity index (χ3n) is 2.58. The number of halogens is 1. The molecule has 0 fully saturated rings. The van der Waals surface area contributed by atoms with E-state index < -0.39 is 0 Å². The van der Waals surface area contributed by atoms with Crippen LogP contribution in [0.1, 0.15) is 11.3 Å². The molecule has 21 heavy (non-hydrogen) atoms. The minimum absolute atomic E-state index is 0.0431. The van der Waals surface area contributed by atoms with Gasteiger partial charge in [-0.25, -0.2) is 4.98 Å². The maximum absolute atomic E-state index is 10.2. The van der Waals surface area contributed by atoms with Crippen LogP contribution in [0.25, 0.3) is 0 Å². The van der Waals surface area contributed by atoms with E-state index in [-0.39, 0.29) is 11.5 Å². The normalized spacial score (nSPS) is 10.9. The fourth-order valence-corrected chi connectivity index (χ4v) is 2.88. The molecular weight excluding hydrogens is 358 g/mol. The minimum Gasteiger partial charge on any atom is -0.504 e. The molecule has 2 aromatic rings. The molecule has 0 aliphatic heterocycles. The van der Waals surface area contributed by atoms with Crippen LogP contribution in [0.5, 0.6) is 17.2 Å². The molecule has 2 N–H and O–H groups in total. The molecule has 0 atom stereocenters. The zero-order chi connectivity index (χ0) is 15.4. The van der Waals surface area contributed by atoms with Gasteiger partial charge in [0, 0.05) is 10.9 Å². The largest absolute Gasteiger partial charge is 0.504 e. The number of phenolic OH excluding ortho intramolecular Hbond substituents is 1. The number of rotatable bonds is 5. The first-order valence-corrected chi connectivity index (χ1v) is 7.58. The zero-order valence-corrected chi connectivity index (χ0v) is 14.1. The number of aryl methyl sites for hydroxylation is 1. The number of nitrogens with zero attached hydrogens (tertiary/aromatic N) is 2. The Morgan fingerprint density at radius 3 is 2.67 bits per heavy atom. The van der Waals surface area contributed by atoms with Crippen LogP contribution in [-0.4, -0.2) is 30.5 Å².